The van der Waals surface area contributed by atoms with E-state index in [0.717, 1.165) is 17.6 Å². The van der Waals surface area contributed by atoms with Gasteiger partial charge in [0.05, 0.1) is 4.92 Å². The molecule has 2 aliphatic heterocycles. The smallest absolute Gasteiger partial charge is 0.289 e. The predicted octanol–water partition coefficient (Wildman–Crippen LogP) is 3.39. The molecule has 2 aromatic rings. The maximum atomic E-state index is 13.3. The van der Waals surface area contributed by atoms with Crippen LogP contribution in [0.25, 0.3) is 0 Å². The van der Waals surface area contributed by atoms with Gasteiger partial charge < -0.3 is 0 Å². The number of benzene rings is 2. The Labute approximate surface area is 178 Å². The van der Waals surface area contributed by atoms with Crippen LogP contribution in [0, 0.1) is 10.1 Å². The minimum Gasteiger partial charge on any atom is -0.294 e. The highest BCUT2D eigenvalue weighted by molar-refractivity contribution is 9.10. The van der Waals surface area contributed by atoms with Crippen molar-refractivity contribution in [3.63, 3.8) is 0 Å². The lowest BCUT2D eigenvalue weighted by Gasteiger charge is -2.50. The Morgan fingerprint density at radius 2 is 1.69 bits per heavy atom. The van der Waals surface area contributed by atoms with Crippen LogP contribution in [0.1, 0.15) is 11.5 Å². The second-order valence-corrected chi connectivity index (χ2v) is 10.0. The van der Waals surface area contributed by atoms with E-state index >= 15 is 0 Å². The Hall–Kier alpha value is -2.07. The van der Waals surface area contributed by atoms with E-state index in [9.17, 15) is 18.5 Å². The Bertz CT molecular complexity index is 1060. The van der Waals surface area contributed by atoms with E-state index in [1.165, 1.54) is 34.1 Å². The molecule has 0 spiro atoms. The molecule has 9 heteroatoms. The van der Waals surface area contributed by atoms with E-state index < -0.39 is 20.6 Å². The average molecular weight is 478 g/mol. The second-order valence-electron chi connectivity index (χ2n) is 7.20. The number of halogens is 1. The van der Waals surface area contributed by atoms with E-state index in [4.69, 9.17) is 0 Å². The number of para-hydroxylation sites is 1. The highest BCUT2D eigenvalue weighted by atomic mass is 79.9. The van der Waals surface area contributed by atoms with Gasteiger partial charge in [-0.2, -0.15) is 4.31 Å². The first-order valence-electron chi connectivity index (χ1n) is 9.26. The molecule has 0 radical (unpaired) electrons. The summed E-state index contributed by atoms with van der Waals surface area (Å²) in [6, 6.07) is 13.6. The summed E-state index contributed by atoms with van der Waals surface area (Å²) in [5.41, 5.74) is 0.774. The summed E-state index contributed by atoms with van der Waals surface area (Å²) in [5, 5.41) is 11.4. The van der Waals surface area contributed by atoms with Crippen molar-refractivity contribution in [3.05, 3.63) is 80.8 Å². The van der Waals surface area contributed by atoms with Gasteiger partial charge in [0.2, 0.25) is 10.0 Å². The highest BCUT2D eigenvalue weighted by Crippen LogP contribution is 2.37. The molecule has 4 rings (SSSR count). The van der Waals surface area contributed by atoms with Crippen molar-refractivity contribution >= 4 is 31.6 Å². The first-order valence-corrected chi connectivity index (χ1v) is 11.5. The molecule has 0 bridgehead atoms. The molecule has 2 aromatic carbocycles. The molecule has 0 amide bonds. The molecular weight excluding hydrogens is 458 g/mol. The molecule has 7 nitrogen and oxygen atoms in total. The predicted molar refractivity (Wildman–Crippen MR) is 113 cm³/mol. The van der Waals surface area contributed by atoms with Crippen molar-refractivity contribution in [2.75, 3.05) is 26.2 Å². The van der Waals surface area contributed by atoms with Crippen molar-refractivity contribution in [2.24, 2.45) is 0 Å². The fourth-order valence-corrected chi connectivity index (χ4v) is 5.79. The fraction of sp³-hybridized carbons (Fsp3) is 0.300. The van der Waals surface area contributed by atoms with E-state index in [-0.39, 0.29) is 23.4 Å². The summed E-state index contributed by atoms with van der Waals surface area (Å²) >= 11 is 3.44. The zero-order valence-electron chi connectivity index (χ0n) is 15.5. The molecule has 29 heavy (non-hydrogen) atoms. The van der Waals surface area contributed by atoms with Crippen molar-refractivity contribution < 1.29 is 13.3 Å². The van der Waals surface area contributed by atoms with Crippen LogP contribution in [0.15, 0.2) is 70.1 Å². The number of sulfonamides is 1. The Morgan fingerprint density at radius 3 is 2.41 bits per heavy atom. The zero-order valence-corrected chi connectivity index (χ0v) is 17.9. The van der Waals surface area contributed by atoms with Crippen molar-refractivity contribution in [2.45, 2.75) is 16.9 Å². The van der Waals surface area contributed by atoms with Gasteiger partial charge in [0.25, 0.3) is 5.69 Å². The zero-order chi connectivity index (χ0) is 20.6. The number of hydrogen-bond donors (Lipinski definition) is 0. The second kappa shape index (κ2) is 7.98. The molecule has 0 saturated carbocycles. The Morgan fingerprint density at radius 1 is 1.00 bits per heavy atom. The van der Waals surface area contributed by atoms with Crippen molar-refractivity contribution in [1.29, 1.82) is 0 Å². The molecule has 0 aromatic heterocycles. The third-order valence-corrected chi connectivity index (χ3v) is 7.96. The van der Waals surface area contributed by atoms with Crippen LogP contribution in [0.5, 0.6) is 0 Å². The topological polar surface area (TPSA) is 83.8 Å². The Kier molecular flexibility index (Phi) is 5.56. The molecule has 2 atom stereocenters. The van der Waals surface area contributed by atoms with Crippen LogP contribution in [0.3, 0.4) is 0 Å². The van der Waals surface area contributed by atoms with Crippen molar-refractivity contribution in [3.8, 4) is 0 Å². The summed E-state index contributed by atoms with van der Waals surface area (Å²) in [6.45, 7) is 2.12. The number of rotatable bonds is 4. The quantitative estimate of drug-likeness (QED) is 0.382. The van der Waals surface area contributed by atoms with Gasteiger partial charge in [0, 0.05) is 48.7 Å². The fourth-order valence-electron chi connectivity index (χ4n) is 3.96. The third kappa shape index (κ3) is 3.87. The third-order valence-electron chi connectivity index (χ3n) is 5.55. The first-order chi connectivity index (χ1) is 13.9. The molecule has 2 unspecified atom stereocenters. The lowest BCUT2D eigenvalue weighted by molar-refractivity contribution is -0.387. The standard InChI is InChI=1S/C20H20BrN3O4S/c21-16-9-7-15(8-10-16)17-13-22-11-3-4-12-23(14-19(17)22)29(27,28)20-6-2-1-5-18(20)24(25)26/h1-10,17,19H,11-14H2. The molecule has 1 saturated heterocycles. The van der Waals surface area contributed by atoms with E-state index in [1.54, 1.807) is 0 Å². The summed E-state index contributed by atoms with van der Waals surface area (Å²) in [5.74, 6) is 0.220. The van der Waals surface area contributed by atoms with E-state index in [1.807, 2.05) is 24.3 Å². The molecule has 152 valence electrons. The molecule has 0 N–H and O–H groups in total. The SMILES string of the molecule is O=[N+]([O-])c1ccccc1S(=O)(=O)N1CC=CCN2CC(c3ccc(Br)cc3)C2C1. The van der Waals surface area contributed by atoms with Crippen molar-refractivity contribution in [1.82, 2.24) is 9.21 Å². The van der Waals surface area contributed by atoms with Crippen LogP contribution in [0.4, 0.5) is 5.69 Å². The van der Waals surface area contributed by atoms with Crippen LogP contribution in [0.2, 0.25) is 0 Å². The number of nitro benzene ring substituents is 1. The van der Waals surface area contributed by atoms with Gasteiger partial charge >= 0.3 is 0 Å². The lowest BCUT2D eigenvalue weighted by Crippen LogP contribution is -2.60. The van der Waals surface area contributed by atoms with Gasteiger partial charge in [-0.05, 0) is 23.8 Å². The van der Waals surface area contributed by atoms with Crippen LogP contribution in [-0.2, 0) is 10.0 Å². The summed E-state index contributed by atoms with van der Waals surface area (Å²) in [6.07, 6.45) is 3.78. The Balaban J connectivity index is 1.65. The maximum absolute atomic E-state index is 13.3. The van der Waals surface area contributed by atoms with E-state index in [0.29, 0.717) is 6.54 Å². The van der Waals surface area contributed by atoms with Gasteiger partial charge in [0.1, 0.15) is 0 Å². The van der Waals surface area contributed by atoms with Gasteiger partial charge in [-0.15, -0.1) is 0 Å². The van der Waals surface area contributed by atoms with Crippen LogP contribution < -0.4 is 0 Å². The van der Waals surface area contributed by atoms with Gasteiger partial charge in [-0.1, -0.05) is 52.3 Å². The molecular formula is C20H20BrN3O4S. The van der Waals surface area contributed by atoms with E-state index in [2.05, 4.69) is 33.0 Å². The minimum absolute atomic E-state index is 0.0265. The van der Waals surface area contributed by atoms with Crippen LogP contribution in [-0.4, -0.2) is 54.8 Å². The number of fused-ring (bicyclic) bond motifs is 1. The van der Waals surface area contributed by atoms with Gasteiger partial charge in [-0.3, -0.25) is 15.0 Å². The van der Waals surface area contributed by atoms with Gasteiger partial charge in [0.15, 0.2) is 4.90 Å². The highest BCUT2D eigenvalue weighted by Gasteiger charge is 2.43. The minimum atomic E-state index is -4.01. The monoisotopic (exact) mass is 477 g/mol. The summed E-state index contributed by atoms with van der Waals surface area (Å²) in [7, 11) is -4.01. The summed E-state index contributed by atoms with van der Waals surface area (Å²) < 4.78 is 29.0. The molecule has 1 fully saturated rings. The summed E-state index contributed by atoms with van der Waals surface area (Å²) in [4.78, 5) is 12.7. The number of hydrogen-bond acceptors (Lipinski definition) is 5. The van der Waals surface area contributed by atoms with Crippen LogP contribution >= 0.6 is 15.9 Å². The van der Waals surface area contributed by atoms with Gasteiger partial charge in [-0.25, -0.2) is 8.42 Å². The lowest BCUT2D eigenvalue weighted by atomic mass is 9.82. The average Bonchev–Trinajstić information content (AvgIpc) is 2.68. The molecule has 2 heterocycles. The maximum Gasteiger partial charge on any atom is 0.289 e. The normalized spacial score (nSPS) is 22.9. The molecule has 0 aliphatic carbocycles. The largest absolute Gasteiger partial charge is 0.294 e. The number of nitrogens with zero attached hydrogens (tertiary/aromatic N) is 3. The first kappa shape index (κ1) is 20.2. The number of nitro groups is 1. The molecule has 2 aliphatic rings.